The summed E-state index contributed by atoms with van der Waals surface area (Å²) in [6.07, 6.45) is -0.792. The van der Waals surface area contributed by atoms with Gasteiger partial charge in [-0.3, -0.25) is 4.79 Å². The van der Waals surface area contributed by atoms with E-state index in [4.69, 9.17) is 9.47 Å². The van der Waals surface area contributed by atoms with Crippen LogP contribution in [0.3, 0.4) is 0 Å². The Morgan fingerprint density at radius 2 is 1.69 bits per heavy atom. The van der Waals surface area contributed by atoms with Gasteiger partial charge in [0.15, 0.2) is 6.10 Å². The Bertz CT molecular complexity index is 1040. The molecule has 35 heavy (non-hydrogen) atoms. The maximum Gasteiger partial charge on any atom is 0.407 e. The number of ether oxygens (including phenoxy) is 2. The molecule has 0 saturated carbocycles. The van der Waals surface area contributed by atoms with E-state index in [9.17, 15) is 19.5 Å². The maximum absolute atomic E-state index is 12.7. The van der Waals surface area contributed by atoms with Crippen molar-refractivity contribution >= 4 is 18.0 Å². The Labute approximate surface area is 205 Å². The van der Waals surface area contributed by atoms with Crippen molar-refractivity contribution in [3.63, 3.8) is 0 Å². The number of carboxylic acids is 1. The molecule has 8 nitrogen and oxygen atoms in total. The van der Waals surface area contributed by atoms with Crippen molar-refractivity contribution < 1.29 is 29.0 Å². The van der Waals surface area contributed by atoms with Crippen LogP contribution in [0.1, 0.15) is 43.7 Å². The summed E-state index contributed by atoms with van der Waals surface area (Å²) >= 11 is 0. The van der Waals surface area contributed by atoms with Gasteiger partial charge in [-0.2, -0.15) is 0 Å². The second-order valence-corrected chi connectivity index (χ2v) is 9.51. The van der Waals surface area contributed by atoms with Crippen LogP contribution in [0.2, 0.25) is 0 Å². The van der Waals surface area contributed by atoms with E-state index in [0.717, 1.165) is 22.3 Å². The Hall–Kier alpha value is -3.39. The molecular formula is C27H32N2O6. The number of carboxylic acid groups (broad SMARTS) is 1. The number of carbonyl (C=O) groups is 3. The summed E-state index contributed by atoms with van der Waals surface area (Å²) in [5.41, 5.74) is 4.59. The van der Waals surface area contributed by atoms with Crippen molar-refractivity contribution in [2.24, 2.45) is 11.8 Å². The van der Waals surface area contributed by atoms with E-state index >= 15 is 0 Å². The van der Waals surface area contributed by atoms with Gasteiger partial charge in [-0.25, -0.2) is 9.59 Å². The van der Waals surface area contributed by atoms with Gasteiger partial charge in [0, 0.05) is 37.5 Å². The molecule has 186 valence electrons. The molecule has 0 bridgehead atoms. The van der Waals surface area contributed by atoms with Gasteiger partial charge in [-0.15, -0.1) is 0 Å². The Morgan fingerprint density at radius 3 is 2.29 bits per heavy atom. The van der Waals surface area contributed by atoms with E-state index in [1.165, 1.54) is 0 Å². The molecule has 1 aliphatic carbocycles. The highest BCUT2D eigenvalue weighted by Crippen LogP contribution is 2.44. The highest BCUT2D eigenvalue weighted by molar-refractivity contribution is 5.80. The zero-order valence-electron chi connectivity index (χ0n) is 20.0. The van der Waals surface area contributed by atoms with E-state index in [1.807, 2.05) is 38.1 Å². The van der Waals surface area contributed by atoms with Gasteiger partial charge in [0.05, 0.1) is 0 Å². The zero-order chi connectivity index (χ0) is 24.9. The van der Waals surface area contributed by atoms with Gasteiger partial charge in [0.2, 0.25) is 5.91 Å². The van der Waals surface area contributed by atoms with Gasteiger partial charge >= 0.3 is 12.1 Å². The number of hydrogen-bond donors (Lipinski definition) is 3. The van der Waals surface area contributed by atoms with E-state index in [2.05, 4.69) is 34.9 Å². The molecule has 1 saturated heterocycles. The number of alkyl carbamates (subject to hydrolysis) is 1. The summed E-state index contributed by atoms with van der Waals surface area (Å²) in [4.78, 5) is 36.4. The first-order valence-corrected chi connectivity index (χ1v) is 12.1. The lowest BCUT2D eigenvalue weighted by atomic mass is 9.98. The predicted octanol–water partition coefficient (Wildman–Crippen LogP) is 3.55. The lowest BCUT2D eigenvalue weighted by Crippen LogP contribution is -2.44. The minimum absolute atomic E-state index is 0.00261. The molecule has 0 aromatic heterocycles. The second-order valence-electron chi connectivity index (χ2n) is 9.51. The van der Waals surface area contributed by atoms with Gasteiger partial charge in [-0.1, -0.05) is 62.4 Å². The van der Waals surface area contributed by atoms with Crippen LogP contribution in [0.15, 0.2) is 48.5 Å². The minimum Gasteiger partial charge on any atom is -0.479 e. The Kier molecular flexibility index (Phi) is 7.70. The van der Waals surface area contributed by atoms with Crippen LogP contribution in [-0.4, -0.2) is 55.0 Å². The average Bonchev–Trinajstić information content (AvgIpc) is 3.44. The zero-order valence-corrected chi connectivity index (χ0v) is 20.0. The van der Waals surface area contributed by atoms with Crippen LogP contribution in [0.4, 0.5) is 4.79 Å². The summed E-state index contributed by atoms with van der Waals surface area (Å²) in [7, 11) is 0. The van der Waals surface area contributed by atoms with Crippen molar-refractivity contribution in [1.29, 1.82) is 0 Å². The van der Waals surface area contributed by atoms with Crippen molar-refractivity contribution in [3.8, 4) is 11.1 Å². The van der Waals surface area contributed by atoms with Gasteiger partial charge in [0.25, 0.3) is 0 Å². The first-order valence-electron chi connectivity index (χ1n) is 12.1. The molecule has 0 radical (unpaired) electrons. The van der Waals surface area contributed by atoms with Crippen molar-refractivity contribution in [2.45, 2.75) is 44.8 Å². The highest BCUT2D eigenvalue weighted by atomic mass is 16.5. The first-order chi connectivity index (χ1) is 16.8. The van der Waals surface area contributed by atoms with E-state index in [0.29, 0.717) is 13.0 Å². The topological polar surface area (TPSA) is 114 Å². The van der Waals surface area contributed by atoms with Gasteiger partial charge in [0.1, 0.15) is 6.61 Å². The largest absolute Gasteiger partial charge is 0.479 e. The van der Waals surface area contributed by atoms with Gasteiger partial charge < -0.3 is 25.2 Å². The molecule has 2 aromatic carbocycles. The molecule has 3 N–H and O–H groups in total. The molecule has 1 unspecified atom stereocenters. The van der Waals surface area contributed by atoms with Gasteiger partial charge in [-0.05, 0) is 34.6 Å². The number of rotatable bonds is 9. The molecule has 8 heteroatoms. The first kappa shape index (κ1) is 24.7. The molecule has 2 aliphatic rings. The summed E-state index contributed by atoms with van der Waals surface area (Å²) in [6.45, 7) is 4.65. The number of hydrogen-bond acceptors (Lipinski definition) is 5. The Balaban J connectivity index is 1.30. The van der Waals surface area contributed by atoms with Crippen molar-refractivity contribution in [2.75, 3.05) is 19.8 Å². The van der Waals surface area contributed by atoms with Crippen LogP contribution in [0, 0.1) is 11.8 Å². The molecular weight excluding hydrogens is 448 g/mol. The van der Waals surface area contributed by atoms with Crippen molar-refractivity contribution in [3.05, 3.63) is 59.7 Å². The van der Waals surface area contributed by atoms with Crippen LogP contribution >= 0.6 is 0 Å². The SMILES string of the molecule is CC(C)C(CC(=O)NC[C@@H]1CCO[C@@H]1C(=O)O)NC(=O)OCC1c2ccccc2-c2ccccc21. The number of fused-ring (bicyclic) bond motifs is 3. The standard InChI is InChI=1S/C27H32N2O6/c1-16(2)23(13-24(30)28-14-17-11-12-34-25(17)26(31)32)29-27(33)35-15-22-20-9-5-3-7-18(20)19-8-4-6-10-21(19)22/h3-10,16-17,22-23,25H,11-15H2,1-2H3,(H,28,30)(H,29,33)(H,31,32)/t17-,23?,25-/m0/s1. The fourth-order valence-electron chi connectivity index (χ4n) is 4.88. The van der Waals surface area contributed by atoms with Crippen LogP contribution in [0.5, 0.6) is 0 Å². The Morgan fingerprint density at radius 1 is 1.06 bits per heavy atom. The summed E-state index contributed by atoms with van der Waals surface area (Å²) in [6, 6.07) is 15.9. The fourth-order valence-corrected chi connectivity index (χ4v) is 4.88. The third-order valence-electron chi connectivity index (χ3n) is 6.88. The smallest absolute Gasteiger partial charge is 0.407 e. The number of amides is 2. The molecule has 1 fully saturated rings. The third kappa shape index (κ3) is 5.65. The van der Waals surface area contributed by atoms with Crippen LogP contribution in [-0.2, 0) is 19.1 Å². The van der Waals surface area contributed by atoms with Crippen LogP contribution in [0.25, 0.3) is 11.1 Å². The second kappa shape index (κ2) is 10.9. The van der Waals surface area contributed by atoms with E-state index in [1.54, 1.807) is 0 Å². The van der Waals surface area contributed by atoms with Crippen molar-refractivity contribution in [1.82, 2.24) is 10.6 Å². The summed E-state index contributed by atoms with van der Waals surface area (Å²) in [5.74, 6) is -1.56. The lowest BCUT2D eigenvalue weighted by molar-refractivity contribution is -0.149. The molecule has 1 heterocycles. The molecule has 2 amide bonds. The number of benzene rings is 2. The molecule has 2 aromatic rings. The molecule has 0 spiro atoms. The fraction of sp³-hybridized carbons (Fsp3) is 0.444. The van der Waals surface area contributed by atoms with E-state index in [-0.39, 0.29) is 43.2 Å². The number of nitrogens with one attached hydrogen (secondary N) is 2. The third-order valence-corrected chi connectivity index (χ3v) is 6.88. The summed E-state index contributed by atoms with van der Waals surface area (Å²) in [5, 5.41) is 14.8. The molecule has 1 aliphatic heterocycles. The van der Waals surface area contributed by atoms with E-state index < -0.39 is 24.2 Å². The average molecular weight is 481 g/mol. The monoisotopic (exact) mass is 480 g/mol. The summed E-state index contributed by atoms with van der Waals surface area (Å²) < 4.78 is 10.8. The normalized spacial score (nSPS) is 19.6. The number of aliphatic carboxylic acids is 1. The molecule has 3 atom stereocenters. The quantitative estimate of drug-likeness (QED) is 0.506. The maximum atomic E-state index is 12.7. The number of carbonyl (C=O) groups excluding carboxylic acids is 2. The van der Waals surface area contributed by atoms with Crippen LogP contribution < -0.4 is 10.6 Å². The predicted molar refractivity (Wildman–Crippen MR) is 130 cm³/mol. The lowest BCUT2D eigenvalue weighted by Gasteiger charge is -2.23. The minimum atomic E-state index is -1.02. The highest BCUT2D eigenvalue weighted by Gasteiger charge is 2.34. The molecule has 4 rings (SSSR count).